The first kappa shape index (κ1) is 24.8. The van der Waals surface area contributed by atoms with Gasteiger partial charge in [-0.05, 0) is 55.2 Å². The number of carbonyl (C=O) groups excluding carboxylic acids is 2. The molecule has 0 spiro atoms. The standard InChI is InChI=1S/C23H23ClN4O3S.ClH/c24-21-6-5-20(32-21)22(29)26-18-3-1-2-4-19(18)27-23(30)31-15-16-9-13-28(14-10-16)17-7-11-25-12-8-17;/h1-8,11-12,16H,9-10,13-15H2,(H,26,29)(H,27,30);1H. The molecule has 3 aromatic rings. The molecule has 2 amide bonds. The molecule has 0 unspecified atom stereocenters. The van der Waals surface area contributed by atoms with Crippen molar-refractivity contribution in [1.82, 2.24) is 4.98 Å². The molecule has 1 fully saturated rings. The second-order valence-electron chi connectivity index (χ2n) is 7.46. The molecule has 4 rings (SSSR count). The Kier molecular flexibility index (Phi) is 8.94. The number of anilines is 3. The summed E-state index contributed by atoms with van der Waals surface area (Å²) in [5.41, 5.74) is 2.13. The summed E-state index contributed by atoms with van der Waals surface area (Å²) in [4.78, 5) is 31.7. The van der Waals surface area contributed by atoms with Gasteiger partial charge in [0.1, 0.15) is 0 Å². The van der Waals surface area contributed by atoms with Crippen molar-refractivity contribution in [3.05, 3.63) is 70.1 Å². The molecule has 33 heavy (non-hydrogen) atoms. The third-order valence-corrected chi connectivity index (χ3v) is 6.53. The number of carbonyl (C=O) groups is 2. The molecule has 0 aliphatic carbocycles. The summed E-state index contributed by atoms with van der Waals surface area (Å²) in [7, 11) is 0. The number of nitrogens with zero attached hydrogens (tertiary/aromatic N) is 2. The quantitative estimate of drug-likeness (QED) is 0.432. The number of halogens is 2. The zero-order chi connectivity index (χ0) is 22.3. The highest BCUT2D eigenvalue weighted by molar-refractivity contribution is 7.18. The third kappa shape index (κ3) is 6.83. The Balaban J connectivity index is 0.00000306. The fourth-order valence-electron chi connectivity index (χ4n) is 3.57. The van der Waals surface area contributed by atoms with Crippen LogP contribution in [0.15, 0.2) is 60.9 Å². The molecule has 2 aromatic heterocycles. The number of thiophene rings is 1. The van der Waals surface area contributed by atoms with Crippen LogP contribution in [-0.2, 0) is 4.74 Å². The minimum Gasteiger partial charge on any atom is -0.449 e. The van der Waals surface area contributed by atoms with Crippen molar-refractivity contribution in [2.75, 3.05) is 35.2 Å². The van der Waals surface area contributed by atoms with Crippen molar-refractivity contribution in [2.24, 2.45) is 5.92 Å². The van der Waals surface area contributed by atoms with E-state index in [0.29, 0.717) is 33.1 Å². The second-order valence-corrected chi connectivity index (χ2v) is 9.18. The van der Waals surface area contributed by atoms with Crippen molar-refractivity contribution in [3.63, 3.8) is 0 Å². The minimum absolute atomic E-state index is 0. The van der Waals surface area contributed by atoms with E-state index in [1.54, 1.807) is 48.8 Å². The summed E-state index contributed by atoms with van der Waals surface area (Å²) in [6, 6.07) is 14.3. The number of benzene rings is 1. The lowest BCUT2D eigenvalue weighted by molar-refractivity contribution is 0.103. The van der Waals surface area contributed by atoms with E-state index in [0.717, 1.165) is 25.9 Å². The van der Waals surface area contributed by atoms with Crippen LogP contribution in [0.4, 0.5) is 21.9 Å². The lowest BCUT2D eigenvalue weighted by Crippen LogP contribution is -2.35. The van der Waals surface area contributed by atoms with E-state index in [9.17, 15) is 9.59 Å². The zero-order valence-electron chi connectivity index (χ0n) is 17.7. The van der Waals surface area contributed by atoms with Crippen LogP contribution >= 0.6 is 35.3 Å². The fourth-order valence-corrected chi connectivity index (χ4v) is 4.51. The van der Waals surface area contributed by atoms with Gasteiger partial charge in [-0.25, -0.2) is 4.79 Å². The number of ether oxygens (including phenoxy) is 1. The lowest BCUT2D eigenvalue weighted by Gasteiger charge is -2.33. The molecule has 0 atom stereocenters. The molecular weight excluding hydrogens is 483 g/mol. The van der Waals surface area contributed by atoms with Gasteiger partial charge in [-0.1, -0.05) is 23.7 Å². The monoisotopic (exact) mass is 506 g/mol. The van der Waals surface area contributed by atoms with E-state index in [1.807, 2.05) is 12.1 Å². The van der Waals surface area contributed by atoms with Gasteiger partial charge >= 0.3 is 6.09 Å². The van der Waals surface area contributed by atoms with E-state index in [2.05, 4.69) is 20.5 Å². The first-order valence-corrected chi connectivity index (χ1v) is 11.5. The Morgan fingerprint density at radius 1 is 1.03 bits per heavy atom. The summed E-state index contributed by atoms with van der Waals surface area (Å²) in [6.07, 6.45) is 4.95. The Morgan fingerprint density at radius 2 is 1.70 bits per heavy atom. The molecule has 2 N–H and O–H groups in total. The van der Waals surface area contributed by atoms with Gasteiger partial charge in [-0.15, -0.1) is 23.7 Å². The molecule has 1 aromatic carbocycles. The van der Waals surface area contributed by atoms with Gasteiger partial charge in [0.05, 0.1) is 27.2 Å². The molecule has 7 nitrogen and oxygen atoms in total. The number of para-hydroxylation sites is 2. The van der Waals surface area contributed by atoms with E-state index in [-0.39, 0.29) is 18.3 Å². The number of hydrogen-bond donors (Lipinski definition) is 2. The number of aromatic nitrogens is 1. The largest absolute Gasteiger partial charge is 0.449 e. The molecule has 1 aliphatic heterocycles. The SMILES string of the molecule is Cl.O=C(Nc1ccccc1NC(=O)c1ccc(Cl)s1)OCC1CCN(c2ccncc2)CC1. The smallest absolute Gasteiger partial charge is 0.411 e. The van der Waals surface area contributed by atoms with Crippen LogP contribution in [0.5, 0.6) is 0 Å². The van der Waals surface area contributed by atoms with Gasteiger partial charge in [-0.2, -0.15) is 0 Å². The van der Waals surface area contributed by atoms with Crippen LogP contribution in [-0.4, -0.2) is 36.7 Å². The maximum Gasteiger partial charge on any atom is 0.411 e. The summed E-state index contributed by atoms with van der Waals surface area (Å²) in [5, 5.41) is 5.53. The topological polar surface area (TPSA) is 83.6 Å². The summed E-state index contributed by atoms with van der Waals surface area (Å²) in [5.74, 6) is 0.0304. The van der Waals surface area contributed by atoms with Gasteiger partial charge in [0.25, 0.3) is 5.91 Å². The minimum atomic E-state index is -0.539. The average molecular weight is 507 g/mol. The molecule has 3 heterocycles. The number of pyridine rings is 1. The van der Waals surface area contributed by atoms with Crippen LogP contribution in [0.25, 0.3) is 0 Å². The number of hydrogen-bond acceptors (Lipinski definition) is 6. The molecule has 10 heteroatoms. The number of nitrogens with one attached hydrogen (secondary N) is 2. The normalized spacial score (nSPS) is 13.7. The molecular formula is C23H24Cl2N4O3S. The summed E-state index contributed by atoms with van der Waals surface area (Å²) >= 11 is 7.10. The number of rotatable bonds is 6. The Bertz CT molecular complexity index is 1070. The number of amides is 2. The van der Waals surface area contributed by atoms with Gasteiger partial charge in [0, 0.05) is 31.2 Å². The molecule has 0 radical (unpaired) electrons. The molecule has 0 bridgehead atoms. The first-order valence-electron chi connectivity index (χ1n) is 10.3. The number of piperidine rings is 1. The highest BCUT2D eigenvalue weighted by atomic mass is 35.5. The zero-order valence-corrected chi connectivity index (χ0v) is 20.1. The van der Waals surface area contributed by atoms with Crippen molar-refractivity contribution in [1.29, 1.82) is 0 Å². The predicted molar refractivity (Wildman–Crippen MR) is 135 cm³/mol. The van der Waals surface area contributed by atoms with E-state index < -0.39 is 6.09 Å². The van der Waals surface area contributed by atoms with E-state index >= 15 is 0 Å². The Morgan fingerprint density at radius 3 is 2.33 bits per heavy atom. The van der Waals surface area contributed by atoms with Crippen molar-refractivity contribution < 1.29 is 14.3 Å². The van der Waals surface area contributed by atoms with Gasteiger partial charge in [0.15, 0.2) is 0 Å². The van der Waals surface area contributed by atoms with Crippen molar-refractivity contribution in [3.8, 4) is 0 Å². The van der Waals surface area contributed by atoms with Crippen LogP contribution in [0, 0.1) is 5.92 Å². The van der Waals surface area contributed by atoms with Gasteiger partial charge in [0.2, 0.25) is 0 Å². The highest BCUT2D eigenvalue weighted by Gasteiger charge is 2.21. The maximum absolute atomic E-state index is 12.4. The van der Waals surface area contributed by atoms with Crippen LogP contribution < -0.4 is 15.5 Å². The van der Waals surface area contributed by atoms with Crippen molar-refractivity contribution in [2.45, 2.75) is 12.8 Å². The molecule has 0 saturated carbocycles. The van der Waals surface area contributed by atoms with E-state index in [4.69, 9.17) is 16.3 Å². The van der Waals surface area contributed by atoms with E-state index in [1.165, 1.54) is 17.0 Å². The highest BCUT2D eigenvalue weighted by Crippen LogP contribution is 2.26. The summed E-state index contributed by atoms with van der Waals surface area (Å²) < 4.78 is 6.01. The lowest BCUT2D eigenvalue weighted by atomic mass is 9.97. The van der Waals surface area contributed by atoms with Crippen molar-refractivity contribution >= 4 is 64.4 Å². The van der Waals surface area contributed by atoms with Gasteiger partial charge < -0.3 is 15.0 Å². The summed E-state index contributed by atoms with van der Waals surface area (Å²) in [6.45, 7) is 2.20. The van der Waals surface area contributed by atoms with Crippen LogP contribution in [0.2, 0.25) is 4.34 Å². The molecule has 1 aliphatic rings. The van der Waals surface area contributed by atoms with Gasteiger partial charge in [-0.3, -0.25) is 15.1 Å². The van der Waals surface area contributed by atoms with Crippen LogP contribution in [0.1, 0.15) is 22.5 Å². The first-order chi connectivity index (χ1) is 15.6. The van der Waals surface area contributed by atoms with Crippen LogP contribution in [0.3, 0.4) is 0 Å². The second kappa shape index (κ2) is 11.9. The maximum atomic E-state index is 12.4. The Hall–Kier alpha value is -2.81. The molecule has 1 saturated heterocycles. The average Bonchev–Trinajstić information content (AvgIpc) is 3.26. The predicted octanol–water partition coefficient (Wildman–Crippen LogP) is 5.94. The Labute approximate surface area is 207 Å². The molecule has 174 valence electrons. The third-order valence-electron chi connectivity index (χ3n) is 5.30. The fraction of sp³-hybridized carbons (Fsp3) is 0.261.